The van der Waals surface area contributed by atoms with E-state index in [-0.39, 0.29) is 23.4 Å². The first-order chi connectivity index (χ1) is 12.0. The van der Waals surface area contributed by atoms with Crippen LogP contribution in [0.2, 0.25) is 0 Å². The summed E-state index contributed by atoms with van der Waals surface area (Å²) in [7, 11) is 0. The molecule has 3 N–H and O–H groups in total. The first kappa shape index (κ1) is 17.2. The molecule has 0 aliphatic carbocycles. The van der Waals surface area contributed by atoms with Gasteiger partial charge in [0.25, 0.3) is 5.91 Å². The van der Waals surface area contributed by atoms with E-state index in [9.17, 15) is 9.59 Å². The largest absolute Gasteiger partial charge is 0.364 e. The van der Waals surface area contributed by atoms with E-state index in [1.54, 1.807) is 6.07 Å². The van der Waals surface area contributed by atoms with Crippen molar-refractivity contribution in [1.82, 2.24) is 15.1 Å². The number of aromatic amines is 1. The molecule has 0 saturated carbocycles. The van der Waals surface area contributed by atoms with Gasteiger partial charge < -0.3 is 10.6 Å². The smallest absolute Gasteiger partial charge is 0.269 e. The van der Waals surface area contributed by atoms with Gasteiger partial charge in [0.2, 0.25) is 5.91 Å². The zero-order valence-electron chi connectivity index (χ0n) is 14.4. The third-order valence-corrected chi connectivity index (χ3v) is 4.91. The average molecular weight is 340 g/mol. The van der Waals surface area contributed by atoms with Gasteiger partial charge in [-0.2, -0.15) is 5.10 Å². The summed E-state index contributed by atoms with van der Waals surface area (Å²) in [4.78, 5) is 25.8. The molecule has 2 amide bonds. The molecule has 1 aromatic heterocycles. The van der Waals surface area contributed by atoms with Gasteiger partial charge in [0, 0.05) is 31.1 Å². The number of nitrogens with two attached hydrogens (primary N) is 1. The number of hydrogen-bond acceptors (Lipinski definition) is 3. The zero-order chi connectivity index (χ0) is 17.8. The lowest BCUT2D eigenvalue weighted by Crippen LogP contribution is -2.39. The molecule has 6 heteroatoms. The highest BCUT2D eigenvalue weighted by Crippen LogP contribution is 2.28. The minimum atomic E-state index is -0.539. The van der Waals surface area contributed by atoms with Crippen molar-refractivity contribution in [1.29, 1.82) is 0 Å². The van der Waals surface area contributed by atoms with Crippen LogP contribution in [0.3, 0.4) is 0 Å². The van der Waals surface area contributed by atoms with Crippen LogP contribution in [0.25, 0.3) is 0 Å². The third kappa shape index (κ3) is 4.07. The first-order valence-electron chi connectivity index (χ1n) is 8.72. The molecular formula is C19H24N4O2. The van der Waals surface area contributed by atoms with Gasteiger partial charge in [0.05, 0.1) is 0 Å². The molecule has 1 aromatic carbocycles. The number of hydrogen-bond donors (Lipinski definition) is 2. The van der Waals surface area contributed by atoms with Gasteiger partial charge in [-0.05, 0) is 30.4 Å². The Morgan fingerprint density at radius 3 is 2.80 bits per heavy atom. The molecule has 1 aliphatic heterocycles. The van der Waals surface area contributed by atoms with Gasteiger partial charge in [-0.1, -0.05) is 37.3 Å². The van der Waals surface area contributed by atoms with Gasteiger partial charge in [-0.25, -0.2) is 0 Å². The topological polar surface area (TPSA) is 92.1 Å². The standard InChI is InChI=1S/C19H24N4O2/c1-13(14-6-3-2-4-7-14)10-18(24)23-9-5-8-15(12-23)16-11-17(19(20)25)22-21-16/h2-4,6-7,11,13,15H,5,8-10,12H2,1H3,(H2,20,25)(H,21,22). The van der Waals surface area contributed by atoms with E-state index in [4.69, 9.17) is 5.73 Å². The molecule has 2 aromatic rings. The van der Waals surface area contributed by atoms with Crippen molar-refractivity contribution in [2.75, 3.05) is 13.1 Å². The van der Waals surface area contributed by atoms with Crippen molar-refractivity contribution in [2.24, 2.45) is 5.73 Å². The molecule has 6 nitrogen and oxygen atoms in total. The van der Waals surface area contributed by atoms with E-state index in [0.717, 1.165) is 25.1 Å². The number of nitrogens with one attached hydrogen (secondary N) is 1. The van der Waals surface area contributed by atoms with Crippen molar-refractivity contribution in [3.63, 3.8) is 0 Å². The maximum atomic E-state index is 12.7. The van der Waals surface area contributed by atoms with Crippen LogP contribution in [0.1, 0.15) is 59.8 Å². The quantitative estimate of drug-likeness (QED) is 0.875. The van der Waals surface area contributed by atoms with Crippen molar-refractivity contribution >= 4 is 11.8 Å². The molecule has 3 rings (SSSR count). The van der Waals surface area contributed by atoms with Crippen LogP contribution in [0.15, 0.2) is 36.4 Å². The zero-order valence-corrected chi connectivity index (χ0v) is 14.4. The lowest BCUT2D eigenvalue weighted by Gasteiger charge is -2.33. The fourth-order valence-corrected chi connectivity index (χ4v) is 3.42. The van der Waals surface area contributed by atoms with Crippen LogP contribution >= 0.6 is 0 Å². The van der Waals surface area contributed by atoms with Crippen molar-refractivity contribution < 1.29 is 9.59 Å². The van der Waals surface area contributed by atoms with Crippen LogP contribution in [-0.4, -0.2) is 40.0 Å². The van der Waals surface area contributed by atoms with E-state index >= 15 is 0 Å². The Labute approximate surface area is 147 Å². The molecular weight excluding hydrogens is 316 g/mol. The molecule has 1 fully saturated rings. The van der Waals surface area contributed by atoms with Gasteiger partial charge >= 0.3 is 0 Å². The molecule has 2 atom stereocenters. The SMILES string of the molecule is CC(CC(=O)N1CCCC(c2cc(C(N)=O)n[nH]2)C1)c1ccccc1. The number of benzene rings is 1. The highest BCUT2D eigenvalue weighted by Gasteiger charge is 2.27. The van der Waals surface area contributed by atoms with E-state index in [1.165, 1.54) is 5.56 Å². The van der Waals surface area contributed by atoms with Crippen LogP contribution in [-0.2, 0) is 4.79 Å². The normalized spacial score (nSPS) is 18.8. The fraction of sp³-hybridized carbons (Fsp3) is 0.421. The minimum absolute atomic E-state index is 0.172. The molecule has 2 unspecified atom stereocenters. The number of amides is 2. The molecule has 25 heavy (non-hydrogen) atoms. The predicted molar refractivity (Wildman–Crippen MR) is 95.1 cm³/mol. The molecule has 1 aliphatic rings. The maximum Gasteiger partial charge on any atom is 0.269 e. The lowest BCUT2D eigenvalue weighted by molar-refractivity contribution is -0.132. The summed E-state index contributed by atoms with van der Waals surface area (Å²) in [6, 6.07) is 11.8. The number of primary amides is 1. The van der Waals surface area contributed by atoms with Crippen LogP contribution in [0.4, 0.5) is 0 Å². The molecule has 132 valence electrons. The summed E-state index contributed by atoms with van der Waals surface area (Å²) in [5, 5.41) is 6.84. The number of carbonyl (C=O) groups is 2. The van der Waals surface area contributed by atoms with Crippen molar-refractivity contribution in [3.8, 4) is 0 Å². The van der Waals surface area contributed by atoms with E-state index in [2.05, 4.69) is 29.3 Å². The second-order valence-corrected chi connectivity index (χ2v) is 6.77. The van der Waals surface area contributed by atoms with Crippen LogP contribution < -0.4 is 5.73 Å². The molecule has 2 heterocycles. The summed E-state index contributed by atoms with van der Waals surface area (Å²) >= 11 is 0. The Balaban J connectivity index is 1.62. The Hall–Kier alpha value is -2.63. The fourth-order valence-electron chi connectivity index (χ4n) is 3.42. The molecule has 1 saturated heterocycles. The predicted octanol–water partition coefficient (Wildman–Crippen LogP) is 2.41. The molecule has 0 bridgehead atoms. The number of H-pyrrole nitrogens is 1. The van der Waals surface area contributed by atoms with Gasteiger partial charge in [-0.15, -0.1) is 0 Å². The number of likely N-dealkylation sites (tertiary alicyclic amines) is 1. The van der Waals surface area contributed by atoms with Crippen molar-refractivity contribution in [2.45, 2.75) is 38.0 Å². The number of carbonyl (C=O) groups excluding carboxylic acids is 2. The molecule has 0 radical (unpaired) electrons. The van der Waals surface area contributed by atoms with Gasteiger partial charge in [0.15, 0.2) is 0 Å². The summed E-state index contributed by atoms with van der Waals surface area (Å²) < 4.78 is 0. The number of aromatic nitrogens is 2. The number of rotatable bonds is 5. The van der Waals surface area contributed by atoms with Crippen LogP contribution in [0.5, 0.6) is 0 Å². The summed E-state index contributed by atoms with van der Waals surface area (Å²) in [5.74, 6) is 0.00616. The van der Waals surface area contributed by atoms with Crippen molar-refractivity contribution in [3.05, 3.63) is 53.3 Å². The Morgan fingerprint density at radius 2 is 2.12 bits per heavy atom. The Morgan fingerprint density at radius 1 is 1.36 bits per heavy atom. The lowest BCUT2D eigenvalue weighted by atomic mass is 9.93. The minimum Gasteiger partial charge on any atom is -0.364 e. The van der Waals surface area contributed by atoms with Gasteiger partial charge in [0.1, 0.15) is 5.69 Å². The number of piperidine rings is 1. The van der Waals surface area contributed by atoms with E-state index in [1.807, 2.05) is 23.1 Å². The summed E-state index contributed by atoms with van der Waals surface area (Å²) in [6.45, 7) is 3.52. The summed E-state index contributed by atoms with van der Waals surface area (Å²) in [6.07, 6.45) is 2.42. The highest BCUT2D eigenvalue weighted by molar-refractivity contribution is 5.90. The summed E-state index contributed by atoms with van der Waals surface area (Å²) in [5.41, 5.74) is 7.56. The van der Waals surface area contributed by atoms with Gasteiger partial charge in [-0.3, -0.25) is 14.7 Å². The highest BCUT2D eigenvalue weighted by atomic mass is 16.2. The molecule has 0 spiro atoms. The Bertz CT molecular complexity index is 741. The van der Waals surface area contributed by atoms with Crippen LogP contribution in [0, 0.1) is 0 Å². The second kappa shape index (κ2) is 7.51. The van der Waals surface area contributed by atoms with E-state index in [0.29, 0.717) is 13.0 Å². The Kier molecular flexibility index (Phi) is 5.16. The first-order valence-corrected chi connectivity index (χ1v) is 8.72. The second-order valence-electron chi connectivity index (χ2n) is 6.77. The van der Waals surface area contributed by atoms with E-state index < -0.39 is 5.91 Å². The average Bonchev–Trinajstić information content (AvgIpc) is 3.13. The maximum absolute atomic E-state index is 12.7. The number of nitrogens with zero attached hydrogens (tertiary/aromatic N) is 2. The third-order valence-electron chi connectivity index (χ3n) is 4.91. The monoisotopic (exact) mass is 340 g/mol.